The molecule has 5 heteroatoms. The van der Waals surface area contributed by atoms with Crippen LogP contribution in [0.1, 0.15) is 12.5 Å². The quantitative estimate of drug-likeness (QED) is 0.709. The predicted octanol–water partition coefficient (Wildman–Crippen LogP) is 1.84. The molecule has 0 saturated heterocycles. The lowest BCUT2D eigenvalue weighted by molar-refractivity contribution is 0.494. The average Bonchev–Trinajstić information content (AvgIpc) is 2.58. The Bertz CT molecular complexity index is 429. The molecule has 0 radical (unpaired) electrons. The lowest BCUT2D eigenvalue weighted by atomic mass is 10.2. The van der Waals surface area contributed by atoms with E-state index in [1.807, 2.05) is 6.92 Å². The maximum atomic E-state index is 13.3. The molecule has 0 spiro atoms. The Labute approximate surface area is 84.8 Å². The second-order valence-corrected chi connectivity index (χ2v) is 3.48. The van der Waals surface area contributed by atoms with Crippen molar-refractivity contribution in [3.8, 4) is 0 Å². The molecule has 1 aromatic carbocycles. The number of hydrogen-bond donors (Lipinski definition) is 1. The molecule has 80 valence electrons. The largest absolute Gasteiger partial charge is 0.365 e. The van der Waals surface area contributed by atoms with E-state index in [1.54, 1.807) is 0 Å². The molecular weight excluding hydrogens is 205 g/mol. The summed E-state index contributed by atoms with van der Waals surface area (Å²) in [5.74, 6) is -2.80. The fraction of sp³-hybridized carbons (Fsp3) is 0.300. The molecule has 1 aliphatic rings. The van der Waals surface area contributed by atoms with Crippen molar-refractivity contribution in [3.05, 3.63) is 35.1 Å². The van der Waals surface area contributed by atoms with Crippen LogP contribution in [-0.2, 0) is 0 Å². The summed E-state index contributed by atoms with van der Waals surface area (Å²) in [5.41, 5.74) is -0.0294. The number of benzene rings is 1. The van der Waals surface area contributed by atoms with E-state index in [2.05, 4.69) is 10.3 Å². The van der Waals surface area contributed by atoms with Gasteiger partial charge in [0.05, 0.1) is 12.1 Å². The van der Waals surface area contributed by atoms with Crippen molar-refractivity contribution < 1.29 is 13.2 Å². The predicted molar refractivity (Wildman–Crippen MR) is 50.3 cm³/mol. The van der Waals surface area contributed by atoms with Crippen molar-refractivity contribution in [3.63, 3.8) is 0 Å². The van der Waals surface area contributed by atoms with Gasteiger partial charge in [0.2, 0.25) is 0 Å². The van der Waals surface area contributed by atoms with Crippen LogP contribution < -0.4 is 5.32 Å². The molecule has 0 saturated carbocycles. The van der Waals surface area contributed by atoms with Gasteiger partial charge in [-0.15, -0.1) is 0 Å². The van der Waals surface area contributed by atoms with Crippen LogP contribution in [0.4, 0.5) is 13.2 Å². The first-order valence-electron chi connectivity index (χ1n) is 4.54. The van der Waals surface area contributed by atoms with E-state index in [0.29, 0.717) is 12.6 Å². The minimum absolute atomic E-state index is 0.0294. The number of amidine groups is 1. The third-order valence-electron chi connectivity index (χ3n) is 2.17. The van der Waals surface area contributed by atoms with E-state index in [-0.39, 0.29) is 17.4 Å². The first-order chi connectivity index (χ1) is 7.08. The lowest BCUT2D eigenvalue weighted by Gasteiger charge is -2.07. The van der Waals surface area contributed by atoms with E-state index in [9.17, 15) is 13.2 Å². The second-order valence-electron chi connectivity index (χ2n) is 3.48. The summed E-state index contributed by atoms with van der Waals surface area (Å²) in [5, 5.41) is 2.88. The Hall–Kier alpha value is -1.52. The number of aliphatic imine (C=N–C) groups is 1. The van der Waals surface area contributed by atoms with Crippen LogP contribution in [0.15, 0.2) is 17.1 Å². The standard InChI is InChI=1S/C10H9F3N2/c1-5-4-14-10(15-5)6-2-8(12)9(13)3-7(6)11/h2-3,5H,4H2,1H3,(H,14,15). The van der Waals surface area contributed by atoms with Crippen molar-refractivity contribution in [2.45, 2.75) is 13.0 Å². The molecule has 0 aromatic heterocycles. The molecule has 1 unspecified atom stereocenters. The third-order valence-corrected chi connectivity index (χ3v) is 2.17. The molecule has 2 rings (SSSR count). The van der Waals surface area contributed by atoms with Crippen LogP contribution in [0, 0.1) is 17.5 Å². The monoisotopic (exact) mass is 214 g/mol. The smallest absolute Gasteiger partial charge is 0.161 e. The molecule has 1 N–H and O–H groups in total. The van der Waals surface area contributed by atoms with Crippen molar-refractivity contribution in [2.75, 3.05) is 6.54 Å². The van der Waals surface area contributed by atoms with Gasteiger partial charge in [-0.2, -0.15) is 0 Å². The highest BCUT2D eigenvalue weighted by Crippen LogP contribution is 2.15. The maximum Gasteiger partial charge on any atom is 0.161 e. The summed E-state index contributed by atoms with van der Waals surface area (Å²) < 4.78 is 38.8. The molecule has 0 bridgehead atoms. The molecule has 1 aliphatic heterocycles. The van der Waals surface area contributed by atoms with Gasteiger partial charge in [-0.1, -0.05) is 0 Å². The normalized spacial score (nSPS) is 20.0. The van der Waals surface area contributed by atoms with Gasteiger partial charge in [0.15, 0.2) is 11.6 Å². The summed E-state index contributed by atoms with van der Waals surface area (Å²) in [7, 11) is 0. The summed E-state index contributed by atoms with van der Waals surface area (Å²) in [6.45, 7) is 2.38. The number of halogens is 3. The third kappa shape index (κ3) is 1.82. The minimum atomic E-state index is -1.19. The fourth-order valence-electron chi connectivity index (χ4n) is 1.42. The van der Waals surface area contributed by atoms with E-state index < -0.39 is 17.5 Å². The zero-order valence-corrected chi connectivity index (χ0v) is 8.02. The lowest BCUT2D eigenvalue weighted by Crippen LogP contribution is -2.28. The molecule has 15 heavy (non-hydrogen) atoms. The first-order valence-corrected chi connectivity index (χ1v) is 4.54. The zero-order valence-electron chi connectivity index (χ0n) is 8.02. The highest BCUT2D eigenvalue weighted by atomic mass is 19.2. The van der Waals surface area contributed by atoms with Gasteiger partial charge in [-0.05, 0) is 13.0 Å². The molecule has 2 nitrogen and oxygen atoms in total. The van der Waals surface area contributed by atoms with Crippen molar-refractivity contribution in [1.82, 2.24) is 5.32 Å². The SMILES string of the molecule is CC1CN=C(c2cc(F)c(F)cc2F)N1. The summed E-state index contributed by atoms with van der Waals surface area (Å²) >= 11 is 0. The number of rotatable bonds is 1. The molecular formula is C10H9F3N2. The molecule has 1 aromatic rings. The number of nitrogens with one attached hydrogen (secondary N) is 1. The van der Waals surface area contributed by atoms with E-state index in [4.69, 9.17) is 0 Å². The Kier molecular flexibility index (Phi) is 2.38. The van der Waals surface area contributed by atoms with Gasteiger partial charge in [0.25, 0.3) is 0 Å². The highest BCUT2D eigenvalue weighted by molar-refractivity contribution is 6.00. The van der Waals surface area contributed by atoms with E-state index in [0.717, 1.165) is 6.07 Å². The van der Waals surface area contributed by atoms with Crippen molar-refractivity contribution in [2.24, 2.45) is 4.99 Å². The Morgan fingerprint density at radius 3 is 2.47 bits per heavy atom. The average molecular weight is 214 g/mol. The van der Waals surface area contributed by atoms with Gasteiger partial charge in [0.1, 0.15) is 11.7 Å². The molecule has 0 amide bonds. The Morgan fingerprint density at radius 2 is 1.87 bits per heavy atom. The van der Waals surface area contributed by atoms with Crippen LogP contribution in [0.2, 0.25) is 0 Å². The molecule has 0 fully saturated rings. The second kappa shape index (κ2) is 3.56. The zero-order chi connectivity index (χ0) is 11.0. The van der Waals surface area contributed by atoms with E-state index in [1.165, 1.54) is 0 Å². The first kappa shape index (κ1) is 10.0. The summed E-state index contributed by atoms with van der Waals surface area (Å²) in [6, 6.07) is 1.43. The minimum Gasteiger partial charge on any atom is -0.365 e. The van der Waals surface area contributed by atoms with Gasteiger partial charge in [-0.25, -0.2) is 13.2 Å². The van der Waals surface area contributed by atoms with Crippen LogP contribution in [0.25, 0.3) is 0 Å². The van der Waals surface area contributed by atoms with Crippen LogP contribution in [0.3, 0.4) is 0 Å². The van der Waals surface area contributed by atoms with Crippen LogP contribution >= 0.6 is 0 Å². The van der Waals surface area contributed by atoms with Crippen molar-refractivity contribution in [1.29, 1.82) is 0 Å². The van der Waals surface area contributed by atoms with Gasteiger partial charge in [-0.3, -0.25) is 4.99 Å². The topological polar surface area (TPSA) is 24.4 Å². The molecule has 1 heterocycles. The number of hydrogen-bond acceptors (Lipinski definition) is 2. The molecule has 0 aliphatic carbocycles. The van der Waals surface area contributed by atoms with Crippen LogP contribution in [0.5, 0.6) is 0 Å². The summed E-state index contributed by atoms with van der Waals surface area (Å²) in [4.78, 5) is 3.99. The molecule has 1 atom stereocenters. The Morgan fingerprint density at radius 1 is 1.20 bits per heavy atom. The highest BCUT2D eigenvalue weighted by Gasteiger charge is 2.19. The van der Waals surface area contributed by atoms with Gasteiger partial charge < -0.3 is 5.32 Å². The fourth-order valence-corrected chi connectivity index (χ4v) is 1.42. The maximum absolute atomic E-state index is 13.3. The van der Waals surface area contributed by atoms with E-state index >= 15 is 0 Å². The van der Waals surface area contributed by atoms with Crippen LogP contribution in [-0.4, -0.2) is 18.4 Å². The van der Waals surface area contributed by atoms with Gasteiger partial charge in [0, 0.05) is 12.1 Å². The van der Waals surface area contributed by atoms with Crippen molar-refractivity contribution >= 4 is 5.84 Å². The Balaban J connectivity index is 2.41. The number of nitrogens with zero attached hydrogens (tertiary/aromatic N) is 1. The van der Waals surface area contributed by atoms with Gasteiger partial charge >= 0.3 is 0 Å². The summed E-state index contributed by atoms with van der Waals surface area (Å²) in [6.07, 6.45) is 0.